The van der Waals surface area contributed by atoms with Gasteiger partial charge >= 0.3 is 5.97 Å². The molecule has 3 N–H and O–H groups in total. The van der Waals surface area contributed by atoms with Crippen molar-refractivity contribution >= 4 is 37.7 Å². The molecule has 160 valence electrons. The van der Waals surface area contributed by atoms with Crippen LogP contribution >= 0.6 is 15.9 Å². The highest BCUT2D eigenvalue weighted by molar-refractivity contribution is 9.10. The van der Waals surface area contributed by atoms with E-state index in [1.54, 1.807) is 6.20 Å². The SMILES string of the molecule is CCCCCC#CC(N)(CS(=O)(=O)N1CCN(c2ccc(Br)cn2)CC1)C(=O)O. The third-order valence-electron chi connectivity index (χ3n) is 4.68. The van der Waals surface area contributed by atoms with Gasteiger partial charge in [0.05, 0.1) is 0 Å². The van der Waals surface area contributed by atoms with E-state index in [1.807, 2.05) is 17.0 Å². The molecule has 1 aromatic rings. The van der Waals surface area contributed by atoms with Crippen molar-refractivity contribution < 1.29 is 18.3 Å². The lowest BCUT2D eigenvalue weighted by Crippen LogP contribution is -2.57. The Morgan fingerprint density at radius 1 is 1.31 bits per heavy atom. The average molecular weight is 487 g/mol. The van der Waals surface area contributed by atoms with E-state index in [9.17, 15) is 18.3 Å². The topological polar surface area (TPSA) is 117 Å². The Balaban J connectivity index is 2.02. The summed E-state index contributed by atoms with van der Waals surface area (Å²) in [6, 6.07) is 3.73. The summed E-state index contributed by atoms with van der Waals surface area (Å²) in [4.78, 5) is 17.9. The Labute approximate surface area is 180 Å². The zero-order valence-corrected chi connectivity index (χ0v) is 18.9. The van der Waals surface area contributed by atoms with E-state index in [1.165, 1.54) is 4.31 Å². The van der Waals surface area contributed by atoms with Crippen molar-refractivity contribution in [2.24, 2.45) is 5.73 Å². The first-order valence-electron chi connectivity index (χ1n) is 9.54. The number of halogens is 1. The number of nitrogens with zero attached hydrogens (tertiary/aromatic N) is 3. The molecule has 8 nitrogen and oxygen atoms in total. The molecule has 2 rings (SSSR count). The van der Waals surface area contributed by atoms with Crippen LogP contribution in [0.15, 0.2) is 22.8 Å². The van der Waals surface area contributed by atoms with Crippen LogP contribution < -0.4 is 10.6 Å². The van der Waals surface area contributed by atoms with Crippen LogP contribution in [-0.2, 0) is 14.8 Å². The Morgan fingerprint density at radius 2 is 2.00 bits per heavy atom. The average Bonchev–Trinajstić information content (AvgIpc) is 2.68. The number of carboxylic acid groups (broad SMARTS) is 1. The van der Waals surface area contributed by atoms with Gasteiger partial charge in [0.25, 0.3) is 0 Å². The lowest BCUT2D eigenvalue weighted by atomic mass is 10.0. The van der Waals surface area contributed by atoms with Gasteiger partial charge in [-0.25, -0.2) is 18.2 Å². The molecule has 29 heavy (non-hydrogen) atoms. The number of sulfonamides is 1. The Bertz CT molecular complexity index is 858. The van der Waals surface area contributed by atoms with Gasteiger partial charge in [0.2, 0.25) is 10.0 Å². The first-order chi connectivity index (χ1) is 13.7. The summed E-state index contributed by atoms with van der Waals surface area (Å²) in [6.07, 6.45) is 5.02. The second-order valence-corrected chi connectivity index (χ2v) is 9.90. The quantitative estimate of drug-likeness (QED) is 0.423. The predicted molar refractivity (Wildman–Crippen MR) is 116 cm³/mol. The molecule has 1 unspecified atom stereocenters. The fourth-order valence-electron chi connectivity index (χ4n) is 2.96. The second kappa shape index (κ2) is 10.4. The van der Waals surface area contributed by atoms with Crippen LogP contribution in [-0.4, -0.2) is 66.3 Å². The summed E-state index contributed by atoms with van der Waals surface area (Å²) in [5.74, 6) is 3.82. The number of hydrogen-bond donors (Lipinski definition) is 2. The molecule has 0 aliphatic carbocycles. The number of carboxylic acids is 1. The van der Waals surface area contributed by atoms with E-state index >= 15 is 0 Å². The molecule has 0 spiro atoms. The molecule has 1 aliphatic rings. The van der Waals surface area contributed by atoms with Crippen molar-refractivity contribution in [3.8, 4) is 11.8 Å². The number of rotatable bonds is 8. The number of aliphatic carboxylic acids is 1. The third kappa shape index (κ3) is 6.67. The molecule has 0 aromatic carbocycles. The highest BCUT2D eigenvalue weighted by Crippen LogP contribution is 2.19. The molecule has 1 saturated heterocycles. The van der Waals surface area contributed by atoms with Gasteiger partial charge in [-0.15, -0.1) is 5.92 Å². The molecule has 0 bridgehead atoms. The first kappa shape index (κ1) is 23.6. The van der Waals surface area contributed by atoms with Crippen LogP contribution in [0.2, 0.25) is 0 Å². The monoisotopic (exact) mass is 486 g/mol. The molecule has 1 aromatic heterocycles. The van der Waals surface area contributed by atoms with Crippen LogP contribution in [0, 0.1) is 11.8 Å². The van der Waals surface area contributed by atoms with Crippen LogP contribution in [0.3, 0.4) is 0 Å². The van der Waals surface area contributed by atoms with Gasteiger partial charge in [-0.05, 0) is 34.5 Å². The van der Waals surface area contributed by atoms with Crippen molar-refractivity contribution in [2.75, 3.05) is 36.8 Å². The molecule has 1 atom stereocenters. The van der Waals surface area contributed by atoms with E-state index in [4.69, 9.17) is 5.73 Å². The van der Waals surface area contributed by atoms with E-state index in [2.05, 4.69) is 39.7 Å². The number of anilines is 1. The van der Waals surface area contributed by atoms with Crippen LogP contribution in [0.4, 0.5) is 5.82 Å². The first-order valence-corrected chi connectivity index (χ1v) is 11.9. The van der Waals surface area contributed by atoms with E-state index in [0.717, 1.165) is 29.6 Å². The van der Waals surface area contributed by atoms with Gasteiger partial charge in [-0.1, -0.05) is 25.7 Å². The van der Waals surface area contributed by atoms with Gasteiger partial charge in [0.1, 0.15) is 11.6 Å². The number of piperazine rings is 1. The van der Waals surface area contributed by atoms with Crippen molar-refractivity contribution in [1.29, 1.82) is 0 Å². The predicted octanol–water partition coefficient (Wildman–Crippen LogP) is 1.66. The fraction of sp³-hybridized carbons (Fsp3) is 0.579. The smallest absolute Gasteiger partial charge is 0.337 e. The van der Waals surface area contributed by atoms with Gasteiger partial charge in [0, 0.05) is 43.3 Å². The van der Waals surface area contributed by atoms with Crippen LogP contribution in [0.25, 0.3) is 0 Å². The normalized spacial score (nSPS) is 17.3. The summed E-state index contributed by atoms with van der Waals surface area (Å²) in [5, 5.41) is 9.48. The Morgan fingerprint density at radius 3 is 2.55 bits per heavy atom. The largest absolute Gasteiger partial charge is 0.479 e. The highest BCUT2D eigenvalue weighted by atomic mass is 79.9. The van der Waals surface area contributed by atoms with E-state index in [0.29, 0.717) is 19.5 Å². The zero-order valence-electron chi connectivity index (χ0n) is 16.5. The van der Waals surface area contributed by atoms with E-state index in [-0.39, 0.29) is 13.1 Å². The summed E-state index contributed by atoms with van der Waals surface area (Å²) in [6.45, 7) is 3.44. The number of carbonyl (C=O) groups is 1. The molecular weight excluding hydrogens is 460 g/mol. The van der Waals surface area contributed by atoms with Crippen LogP contribution in [0.1, 0.15) is 32.6 Å². The minimum Gasteiger partial charge on any atom is -0.479 e. The molecule has 1 aliphatic heterocycles. The van der Waals surface area contributed by atoms with E-state index < -0.39 is 27.3 Å². The molecule has 10 heteroatoms. The third-order valence-corrected chi connectivity index (χ3v) is 7.12. The van der Waals surface area contributed by atoms with Gasteiger partial charge < -0.3 is 15.7 Å². The fourth-order valence-corrected chi connectivity index (χ4v) is 4.87. The van der Waals surface area contributed by atoms with Crippen LogP contribution in [0.5, 0.6) is 0 Å². The molecule has 0 amide bonds. The van der Waals surface area contributed by atoms with Gasteiger partial charge in [-0.2, -0.15) is 4.31 Å². The summed E-state index contributed by atoms with van der Waals surface area (Å²) < 4.78 is 27.8. The van der Waals surface area contributed by atoms with Crippen molar-refractivity contribution in [1.82, 2.24) is 9.29 Å². The number of nitrogens with two attached hydrogens (primary N) is 1. The summed E-state index contributed by atoms with van der Waals surface area (Å²) in [5.41, 5.74) is 3.76. The molecule has 1 fully saturated rings. The molecular formula is C19H27BrN4O4S. The molecule has 0 radical (unpaired) electrons. The van der Waals surface area contributed by atoms with Crippen molar-refractivity contribution in [3.63, 3.8) is 0 Å². The maximum absolute atomic E-state index is 12.8. The highest BCUT2D eigenvalue weighted by Gasteiger charge is 2.40. The number of unbranched alkanes of at least 4 members (excludes halogenated alkanes) is 3. The lowest BCUT2D eigenvalue weighted by molar-refractivity contribution is -0.140. The zero-order chi connectivity index (χ0) is 21.5. The van der Waals surface area contributed by atoms with Gasteiger partial charge in [0.15, 0.2) is 5.54 Å². The molecule has 2 heterocycles. The van der Waals surface area contributed by atoms with Gasteiger partial charge in [-0.3, -0.25) is 0 Å². The maximum Gasteiger partial charge on any atom is 0.337 e. The minimum atomic E-state index is -3.88. The summed E-state index contributed by atoms with van der Waals surface area (Å²) >= 11 is 3.34. The Kier molecular flexibility index (Phi) is 8.46. The maximum atomic E-state index is 12.8. The van der Waals surface area contributed by atoms with Crippen molar-refractivity contribution in [3.05, 3.63) is 22.8 Å². The molecule has 0 saturated carbocycles. The van der Waals surface area contributed by atoms with Crippen molar-refractivity contribution in [2.45, 2.75) is 38.1 Å². The standard InChI is InChI=1S/C19H27BrN4O4S/c1-2-3-4-5-6-9-19(21,18(25)26)15-29(27,28)24-12-10-23(11-13-24)17-8-7-16(20)14-22-17/h7-8,14H,2-5,10-13,15,21H2,1H3,(H,25,26). The number of aromatic nitrogens is 1. The number of pyridine rings is 1. The number of hydrogen-bond acceptors (Lipinski definition) is 6. The Hall–Kier alpha value is -1.67. The summed E-state index contributed by atoms with van der Waals surface area (Å²) in [7, 11) is -3.88. The second-order valence-electron chi connectivity index (χ2n) is 7.01. The minimum absolute atomic E-state index is 0.236. The lowest BCUT2D eigenvalue weighted by Gasteiger charge is -2.35.